The molecule has 3 aromatic rings. The van der Waals surface area contributed by atoms with Crippen LogP contribution in [0.4, 0.5) is 17.1 Å². The molecule has 2 amide bonds. The van der Waals surface area contributed by atoms with Gasteiger partial charge in [-0.05, 0) is 74.8 Å². The molecular weight excluding hydrogens is 604 g/mol. The van der Waals surface area contributed by atoms with Crippen molar-refractivity contribution in [3.8, 4) is 11.5 Å². The number of carbonyl (C=O) groups is 3. The first-order valence-electron chi connectivity index (χ1n) is 15.8. The Bertz CT molecular complexity index is 1670. The van der Waals surface area contributed by atoms with Gasteiger partial charge in [0.15, 0.2) is 19.7 Å². The Kier molecular flexibility index (Phi) is 8.53. The largest absolute Gasteiger partial charge is 0.469 e. The quantitative estimate of drug-likeness (QED) is 0.174. The van der Waals surface area contributed by atoms with Crippen molar-refractivity contribution >= 4 is 43.2 Å². The smallest absolute Gasteiger partial charge is 0.305 e. The van der Waals surface area contributed by atoms with Gasteiger partial charge in [0.25, 0.3) is 11.8 Å². The van der Waals surface area contributed by atoms with Crippen molar-refractivity contribution < 1.29 is 38.5 Å². The zero-order valence-corrected chi connectivity index (χ0v) is 27.6. The molecule has 3 aliphatic rings. The fourth-order valence-corrected chi connectivity index (χ4v) is 10.1. The molecule has 46 heavy (non-hydrogen) atoms. The van der Waals surface area contributed by atoms with Gasteiger partial charge >= 0.3 is 5.97 Å². The van der Waals surface area contributed by atoms with E-state index in [0.717, 1.165) is 0 Å². The summed E-state index contributed by atoms with van der Waals surface area (Å²) in [5.74, 6) is -0.288. The third-order valence-corrected chi connectivity index (χ3v) is 12.0. The zero-order valence-electron chi connectivity index (χ0n) is 26.6. The molecule has 1 fully saturated rings. The Hall–Kier alpha value is -4.03. The summed E-state index contributed by atoms with van der Waals surface area (Å²) in [6.07, 6.45) is 1.09. The van der Waals surface area contributed by atoms with Crippen molar-refractivity contribution in [3.63, 3.8) is 0 Å². The van der Waals surface area contributed by atoms with Crippen molar-refractivity contribution in [1.29, 1.82) is 0 Å². The summed E-state index contributed by atoms with van der Waals surface area (Å²) in [5.41, 5.74) is 0.999. The maximum atomic E-state index is 14.7. The summed E-state index contributed by atoms with van der Waals surface area (Å²) in [6, 6.07) is 19.9. The molecule has 1 saturated heterocycles. The number of ether oxygens (including phenoxy) is 3. The molecule has 0 saturated carbocycles. The number of anilines is 3. The number of amides is 2. The third kappa shape index (κ3) is 5.21. The van der Waals surface area contributed by atoms with E-state index in [1.807, 2.05) is 68.5 Å². The molecule has 0 aromatic heterocycles. The van der Waals surface area contributed by atoms with Crippen LogP contribution < -0.4 is 14.5 Å². The first-order valence-corrected chi connectivity index (χ1v) is 18.8. The Morgan fingerprint density at radius 2 is 1.72 bits per heavy atom. The molecule has 0 unspecified atom stereocenters. The number of benzene rings is 3. The maximum Gasteiger partial charge on any atom is 0.305 e. The predicted octanol–water partition coefficient (Wildman–Crippen LogP) is 5.64. The van der Waals surface area contributed by atoms with Crippen LogP contribution in [0, 0.1) is 5.92 Å². The Labute approximate surface area is 269 Å². The van der Waals surface area contributed by atoms with Crippen LogP contribution in [0.1, 0.15) is 48.5 Å². The number of para-hydroxylation sites is 3. The van der Waals surface area contributed by atoms with Gasteiger partial charge in [-0.1, -0.05) is 31.2 Å². The van der Waals surface area contributed by atoms with Crippen LogP contribution in [0.25, 0.3) is 0 Å². The second-order valence-corrected chi connectivity index (χ2v) is 16.7. The lowest BCUT2D eigenvalue weighted by Crippen LogP contribution is -2.46. The van der Waals surface area contributed by atoms with Crippen molar-refractivity contribution in [2.45, 2.75) is 62.9 Å². The van der Waals surface area contributed by atoms with Crippen LogP contribution in [0.15, 0.2) is 66.7 Å². The SMILES string of the molecule is COC(=O)CCCCN1C(=O)[C@]2(O[C@H](CCO)[C@@H]([Si](C)(C)O)[C@@H]2C)c2cc(N3C(=O)c4ccccc4Oc4ccccc43)ccc21. The topological polar surface area (TPSA) is 126 Å². The molecule has 10 nitrogen and oxygen atoms in total. The standard InChI is InChI=1S/C35H40N2O8Si/c1-22-32(46(3,4)42)30(18-20-38)45-35(22)25-21-23(16-17-26(25)36(34(35)41)19-10-9-15-31(39)43-2)37-27-12-6-8-14-29(27)44-28-13-7-5-11-24(28)33(37)40/h5-8,11-14,16-17,21-22,30,32,38,42H,9-10,15,18-20H2,1-4H3/t22-,30+,32-,35+/m0/s1. The number of hydrogen-bond acceptors (Lipinski definition) is 8. The van der Waals surface area contributed by atoms with Gasteiger partial charge in [-0.3, -0.25) is 19.3 Å². The van der Waals surface area contributed by atoms with Gasteiger partial charge in [0, 0.05) is 42.3 Å². The molecule has 3 heterocycles. The summed E-state index contributed by atoms with van der Waals surface area (Å²) >= 11 is 0. The Balaban J connectivity index is 1.49. The van der Waals surface area contributed by atoms with Crippen molar-refractivity contribution in [2.24, 2.45) is 5.92 Å². The molecule has 1 spiro atoms. The highest BCUT2D eigenvalue weighted by atomic mass is 28.4. The van der Waals surface area contributed by atoms with E-state index >= 15 is 0 Å². The van der Waals surface area contributed by atoms with Gasteiger partial charge in [-0.15, -0.1) is 0 Å². The molecule has 242 valence electrons. The second-order valence-electron chi connectivity index (χ2n) is 12.8. The number of nitrogens with zero attached hydrogens (tertiary/aromatic N) is 2. The van der Waals surface area contributed by atoms with E-state index in [1.54, 1.807) is 28.0 Å². The number of aliphatic hydroxyl groups excluding tert-OH is 1. The van der Waals surface area contributed by atoms with E-state index in [0.29, 0.717) is 59.1 Å². The number of esters is 1. The van der Waals surface area contributed by atoms with Crippen LogP contribution in [-0.4, -0.2) is 62.4 Å². The fraction of sp³-hybridized carbons (Fsp3) is 0.400. The molecule has 0 radical (unpaired) electrons. The highest BCUT2D eigenvalue weighted by molar-refractivity contribution is 6.71. The lowest BCUT2D eigenvalue weighted by Gasteiger charge is -2.32. The average molecular weight is 645 g/mol. The van der Waals surface area contributed by atoms with Crippen LogP contribution in [0.3, 0.4) is 0 Å². The number of methoxy groups -OCH3 is 1. The van der Waals surface area contributed by atoms with Gasteiger partial charge in [-0.25, -0.2) is 0 Å². The number of rotatable bonds is 9. The first-order chi connectivity index (χ1) is 22.0. The van der Waals surface area contributed by atoms with Gasteiger partial charge in [-0.2, -0.15) is 0 Å². The summed E-state index contributed by atoms with van der Waals surface area (Å²) < 4.78 is 17.8. The molecule has 0 bridgehead atoms. The number of hydrogen-bond donors (Lipinski definition) is 2. The predicted molar refractivity (Wildman–Crippen MR) is 175 cm³/mol. The maximum absolute atomic E-state index is 14.7. The number of fused-ring (bicyclic) bond motifs is 4. The van der Waals surface area contributed by atoms with Crippen molar-refractivity contribution in [3.05, 3.63) is 77.9 Å². The fourth-order valence-electron chi connectivity index (χ4n) is 7.53. The molecule has 3 aliphatic heterocycles. The lowest BCUT2D eigenvalue weighted by molar-refractivity contribution is -0.146. The summed E-state index contributed by atoms with van der Waals surface area (Å²) in [7, 11) is -1.54. The Morgan fingerprint density at radius 1 is 1.00 bits per heavy atom. The van der Waals surface area contributed by atoms with Crippen LogP contribution in [-0.2, 0) is 24.7 Å². The summed E-state index contributed by atoms with van der Waals surface area (Å²) in [6.45, 7) is 5.82. The first kappa shape index (κ1) is 31.9. The monoisotopic (exact) mass is 644 g/mol. The van der Waals surface area contributed by atoms with E-state index in [1.165, 1.54) is 7.11 Å². The molecule has 11 heteroatoms. The molecule has 2 N–H and O–H groups in total. The molecule has 3 aromatic carbocycles. The summed E-state index contributed by atoms with van der Waals surface area (Å²) in [4.78, 5) is 55.4. The van der Waals surface area contributed by atoms with Crippen LogP contribution in [0.5, 0.6) is 11.5 Å². The van der Waals surface area contributed by atoms with Crippen LogP contribution in [0.2, 0.25) is 18.6 Å². The molecule has 4 atom stereocenters. The Morgan fingerprint density at radius 3 is 2.43 bits per heavy atom. The zero-order chi connectivity index (χ0) is 32.8. The number of carbonyl (C=O) groups excluding carboxylic acids is 3. The highest BCUT2D eigenvalue weighted by Crippen LogP contribution is 2.60. The second kappa shape index (κ2) is 12.3. The molecular formula is C35H40N2O8Si. The van der Waals surface area contributed by atoms with Crippen molar-refractivity contribution in [1.82, 2.24) is 0 Å². The average Bonchev–Trinajstić information content (AvgIpc) is 3.41. The van der Waals surface area contributed by atoms with Gasteiger partial charge in [0.1, 0.15) is 5.75 Å². The van der Waals surface area contributed by atoms with E-state index in [4.69, 9.17) is 14.2 Å². The van der Waals surface area contributed by atoms with Crippen molar-refractivity contribution in [2.75, 3.05) is 30.1 Å². The minimum absolute atomic E-state index is 0.148. The third-order valence-electron chi connectivity index (χ3n) is 9.53. The molecule has 0 aliphatic carbocycles. The van der Waals surface area contributed by atoms with E-state index in [9.17, 15) is 24.3 Å². The molecule has 6 rings (SSSR count). The van der Waals surface area contributed by atoms with E-state index < -0.39 is 25.9 Å². The highest BCUT2D eigenvalue weighted by Gasteiger charge is 2.66. The number of unbranched alkanes of at least 4 members (excludes halogenated alkanes) is 1. The van der Waals surface area contributed by atoms with Crippen LogP contribution >= 0.6 is 0 Å². The van der Waals surface area contributed by atoms with Gasteiger partial charge < -0.3 is 29.0 Å². The van der Waals surface area contributed by atoms with Gasteiger partial charge in [0.05, 0.1) is 30.2 Å². The van der Waals surface area contributed by atoms with Gasteiger partial charge in [0.2, 0.25) is 0 Å². The minimum atomic E-state index is -2.89. The van der Waals surface area contributed by atoms with E-state index in [-0.39, 0.29) is 42.8 Å². The lowest BCUT2D eigenvalue weighted by atomic mass is 9.82. The summed E-state index contributed by atoms with van der Waals surface area (Å²) in [5, 5.41) is 9.96. The minimum Gasteiger partial charge on any atom is -0.469 e. The van der Waals surface area contributed by atoms with E-state index in [2.05, 4.69) is 0 Å². The number of aliphatic hydroxyl groups is 1. The normalized spacial score (nSPS) is 23.6.